The summed E-state index contributed by atoms with van der Waals surface area (Å²) in [5.74, 6) is -1.48. The Labute approximate surface area is 193 Å². The number of carboxylic acids is 1. The number of carboxylic acid groups (broad SMARTS) is 1. The Morgan fingerprint density at radius 2 is 1.94 bits per heavy atom. The molecule has 0 aliphatic heterocycles. The third-order valence-corrected chi connectivity index (χ3v) is 6.84. The highest BCUT2D eigenvalue weighted by atomic mass is 32.2. The van der Waals surface area contributed by atoms with Crippen molar-refractivity contribution < 1.29 is 27.9 Å². The van der Waals surface area contributed by atoms with Gasteiger partial charge in [-0.2, -0.15) is 0 Å². The zero-order chi connectivity index (χ0) is 24.0. The van der Waals surface area contributed by atoms with Gasteiger partial charge in [0.15, 0.2) is 0 Å². The van der Waals surface area contributed by atoms with Crippen LogP contribution in [0.25, 0.3) is 5.69 Å². The van der Waals surface area contributed by atoms with Gasteiger partial charge < -0.3 is 14.7 Å². The summed E-state index contributed by atoms with van der Waals surface area (Å²) >= 11 is 0. The first-order valence-electron chi connectivity index (χ1n) is 10.9. The zero-order valence-electron chi connectivity index (χ0n) is 18.9. The number of hydrogen-bond donors (Lipinski definition) is 1. The number of aromatic carboxylic acids is 1. The van der Waals surface area contributed by atoms with E-state index in [1.165, 1.54) is 17.9 Å². The van der Waals surface area contributed by atoms with Crippen LogP contribution in [0.1, 0.15) is 54.6 Å². The smallest absolute Gasteiger partial charge is 0.337 e. The van der Waals surface area contributed by atoms with Crippen LogP contribution in [0.3, 0.4) is 0 Å². The maximum Gasteiger partial charge on any atom is 0.337 e. The monoisotopic (exact) mass is 478 g/mol. The zero-order valence-corrected chi connectivity index (χ0v) is 19.7. The molecule has 1 unspecified atom stereocenters. The minimum atomic E-state index is -3.24. The normalized spacial score (nSPS) is 15.8. The number of amides is 1. The summed E-state index contributed by atoms with van der Waals surface area (Å²) in [6.07, 6.45) is 6.79. The van der Waals surface area contributed by atoms with E-state index in [1.807, 2.05) is 0 Å². The molecule has 2 aromatic rings. The fourth-order valence-electron chi connectivity index (χ4n) is 4.15. The molecular formula is C22H30N4O6S. The molecule has 1 aromatic carbocycles. The molecule has 3 rings (SSSR count). The SMILES string of the molecule is COC(CCS(C)(=O)=O)C(=O)N(Cc1cn(-c2ccccc2C(=O)O)nn1)C1CCCCC1. The molecule has 1 aliphatic rings. The first-order chi connectivity index (χ1) is 15.7. The largest absolute Gasteiger partial charge is 0.478 e. The standard InChI is InChI=1S/C22H30N4O6S/c1-32-20(12-13-33(2,30)31)21(27)25(17-8-4-3-5-9-17)14-16-15-26(24-23-16)19-11-7-6-10-18(19)22(28)29/h6-7,10-11,15,17,20H,3-5,8-9,12-14H2,1-2H3,(H,28,29). The number of ether oxygens (including phenoxy) is 1. The third kappa shape index (κ3) is 6.61. The van der Waals surface area contributed by atoms with E-state index in [0.29, 0.717) is 11.4 Å². The number of carbonyl (C=O) groups is 2. The Bertz CT molecular complexity index is 1080. The number of hydrogen-bond acceptors (Lipinski definition) is 7. The molecule has 33 heavy (non-hydrogen) atoms. The predicted octanol–water partition coefficient (Wildman–Crippen LogP) is 2.08. The van der Waals surface area contributed by atoms with Crippen LogP contribution in [-0.4, -0.2) is 76.6 Å². The lowest BCUT2D eigenvalue weighted by molar-refractivity contribution is -0.146. The van der Waals surface area contributed by atoms with Crippen LogP contribution >= 0.6 is 0 Å². The molecule has 180 valence electrons. The van der Waals surface area contributed by atoms with Gasteiger partial charge in [0.05, 0.1) is 29.7 Å². The lowest BCUT2D eigenvalue weighted by Gasteiger charge is -2.35. The van der Waals surface area contributed by atoms with Crippen molar-refractivity contribution in [2.75, 3.05) is 19.1 Å². The molecule has 11 heteroatoms. The van der Waals surface area contributed by atoms with Crippen molar-refractivity contribution >= 4 is 21.7 Å². The van der Waals surface area contributed by atoms with E-state index in [2.05, 4.69) is 10.3 Å². The molecule has 1 amide bonds. The Morgan fingerprint density at radius 3 is 2.58 bits per heavy atom. The highest BCUT2D eigenvalue weighted by Crippen LogP contribution is 2.25. The van der Waals surface area contributed by atoms with Crippen molar-refractivity contribution in [3.8, 4) is 5.69 Å². The summed E-state index contributed by atoms with van der Waals surface area (Å²) in [7, 11) is -1.83. The number of rotatable bonds is 10. The molecular weight excluding hydrogens is 448 g/mol. The van der Waals surface area contributed by atoms with E-state index in [9.17, 15) is 23.1 Å². The van der Waals surface area contributed by atoms with Crippen LogP contribution in [-0.2, 0) is 25.9 Å². The molecule has 1 fully saturated rings. The number of benzene rings is 1. The molecule has 10 nitrogen and oxygen atoms in total. The Morgan fingerprint density at radius 1 is 1.24 bits per heavy atom. The first kappa shape index (κ1) is 24.8. The Hall–Kier alpha value is -2.79. The predicted molar refractivity (Wildman–Crippen MR) is 121 cm³/mol. The average molecular weight is 479 g/mol. The van der Waals surface area contributed by atoms with Crippen LogP contribution in [0.15, 0.2) is 30.5 Å². The van der Waals surface area contributed by atoms with Crippen molar-refractivity contribution in [1.29, 1.82) is 0 Å². The highest BCUT2D eigenvalue weighted by molar-refractivity contribution is 7.90. The van der Waals surface area contributed by atoms with Gasteiger partial charge in [-0.3, -0.25) is 4.79 Å². The molecule has 1 atom stereocenters. The van der Waals surface area contributed by atoms with E-state index >= 15 is 0 Å². The van der Waals surface area contributed by atoms with Crippen LogP contribution in [0, 0.1) is 0 Å². The summed E-state index contributed by atoms with van der Waals surface area (Å²) < 4.78 is 30.0. The number of methoxy groups -OCH3 is 1. The third-order valence-electron chi connectivity index (χ3n) is 5.86. The minimum Gasteiger partial charge on any atom is -0.478 e. The van der Waals surface area contributed by atoms with Crippen molar-refractivity contribution in [1.82, 2.24) is 19.9 Å². The topological polar surface area (TPSA) is 132 Å². The van der Waals surface area contributed by atoms with Gasteiger partial charge in [-0.05, 0) is 31.4 Å². The molecule has 0 radical (unpaired) electrons. The van der Waals surface area contributed by atoms with Gasteiger partial charge in [0.1, 0.15) is 21.6 Å². The number of carbonyl (C=O) groups excluding carboxylic acids is 1. The lowest BCUT2D eigenvalue weighted by Crippen LogP contribution is -2.47. The molecule has 1 saturated carbocycles. The second-order valence-corrected chi connectivity index (χ2v) is 10.6. The lowest BCUT2D eigenvalue weighted by atomic mass is 9.93. The Balaban J connectivity index is 1.84. The van der Waals surface area contributed by atoms with Crippen LogP contribution in [0.2, 0.25) is 0 Å². The van der Waals surface area contributed by atoms with Gasteiger partial charge in [0.2, 0.25) is 0 Å². The van der Waals surface area contributed by atoms with Crippen LogP contribution in [0.5, 0.6) is 0 Å². The summed E-state index contributed by atoms with van der Waals surface area (Å²) in [5, 5.41) is 17.7. The molecule has 0 bridgehead atoms. The molecule has 0 saturated heterocycles. The van der Waals surface area contributed by atoms with E-state index in [-0.39, 0.29) is 36.2 Å². The fraction of sp³-hybridized carbons (Fsp3) is 0.545. The van der Waals surface area contributed by atoms with Gasteiger partial charge in [-0.25, -0.2) is 17.9 Å². The maximum atomic E-state index is 13.4. The highest BCUT2D eigenvalue weighted by Gasteiger charge is 2.32. The van der Waals surface area contributed by atoms with Crippen molar-refractivity contribution in [3.05, 3.63) is 41.7 Å². The van der Waals surface area contributed by atoms with Crippen molar-refractivity contribution in [2.45, 2.75) is 57.2 Å². The number of para-hydroxylation sites is 1. The van der Waals surface area contributed by atoms with Gasteiger partial charge in [-0.1, -0.05) is 36.6 Å². The van der Waals surface area contributed by atoms with E-state index in [0.717, 1.165) is 38.4 Å². The first-order valence-corrected chi connectivity index (χ1v) is 13.0. The molecule has 1 aliphatic carbocycles. The van der Waals surface area contributed by atoms with Crippen LogP contribution in [0.4, 0.5) is 0 Å². The summed E-state index contributed by atoms with van der Waals surface area (Å²) in [6, 6.07) is 6.47. The Kier molecular flexibility index (Phi) is 8.20. The molecule has 1 heterocycles. The second kappa shape index (κ2) is 10.9. The van der Waals surface area contributed by atoms with Crippen molar-refractivity contribution in [2.24, 2.45) is 0 Å². The average Bonchev–Trinajstić information content (AvgIpc) is 3.26. The quantitative estimate of drug-likeness (QED) is 0.549. The molecule has 1 aromatic heterocycles. The van der Waals surface area contributed by atoms with Gasteiger partial charge in [0, 0.05) is 19.4 Å². The van der Waals surface area contributed by atoms with E-state index < -0.39 is 21.9 Å². The van der Waals surface area contributed by atoms with Gasteiger partial charge in [0.25, 0.3) is 5.91 Å². The van der Waals surface area contributed by atoms with Crippen molar-refractivity contribution in [3.63, 3.8) is 0 Å². The number of nitrogens with zero attached hydrogens (tertiary/aromatic N) is 4. The molecule has 0 spiro atoms. The summed E-state index contributed by atoms with van der Waals surface area (Å²) in [4.78, 5) is 26.6. The molecule has 1 N–H and O–H groups in total. The van der Waals surface area contributed by atoms with Crippen LogP contribution < -0.4 is 0 Å². The fourth-order valence-corrected chi connectivity index (χ4v) is 4.79. The van der Waals surface area contributed by atoms with E-state index in [4.69, 9.17) is 4.74 Å². The summed E-state index contributed by atoms with van der Waals surface area (Å²) in [6.45, 7) is 0.178. The maximum absolute atomic E-state index is 13.4. The van der Waals surface area contributed by atoms with Gasteiger partial charge in [-0.15, -0.1) is 5.10 Å². The second-order valence-electron chi connectivity index (χ2n) is 8.38. The number of aromatic nitrogens is 3. The summed E-state index contributed by atoms with van der Waals surface area (Å²) in [5.41, 5.74) is 0.976. The van der Waals surface area contributed by atoms with Gasteiger partial charge >= 0.3 is 5.97 Å². The van der Waals surface area contributed by atoms with E-state index in [1.54, 1.807) is 29.3 Å². The minimum absolute atomic E-state index is 0.00131. The number of sulfone groups is 1.